The molecule has 0 aliphatic carbocycles. The summed E-state index contributed by atoms with van der Waals surface area (Å²) in [6, 6.07) is 3.52. The van der Waals surface area contributed by atoms with E-state index in [1.165, 1.54) is 9.80 Å². The molecule has 1 heterocycles. The zero-order valence-corrected chi connectivity index (χ0v) is 9.94. The van der Waals surface area contributed by atoms with E-state index < -0.39 is 17.7 Å². The molecule has 0 saturated carbocycles. The second-order valence-corrected chi connectivity index (χ2v) is 4.12. The molecular weight excluding hydrogens is 256 g/mol. The minimum absolute atomic E-state index is 0.0902. The van der Waals surface area contributed by atoms with Crippen LogP contribution in [0.15, 0.2) is 12.1 Å². The molecule has 0 aromatic heterocycles. The topological polar surface area (TPSA) is 67.6 Å². The molecule has 1 aromatic rings. The number of carbonyl (C=O) groups is 1. The number of halogens is 2. The molecule has 1 aliphatic rings. The number of nitrogens with zero attached hydrogens (tertiary/aromatic N) is 3. The van der Waals surface area contributed by atoms with Gasteiger partial charge in [0.15, 0.2) is 0 Å². The molecule has 19 heavy (non-hydrogen) atoms. The number of amides is 1. The lowest BCUT2D eigenvalue weighted by atomic mass is 10.1. The third kappa shape index (κ3) is 2.42. The molecule has 1 N–H and O–H groups in total. The number of anilines is 1. The van der Waals surface area contributed by atoms with Crippen LogP contribution < -0.4 is 4.90 Å². The first-order chi connectivity index (χ1) is 9.04. The van der Waals surface area contributed by atoms with Crippen LogP contribution in [0.5, 0.6) is 0 Å². The molecule has 1 aliphatic heterocycles. The summed E-state index contributed by atoms with van der Waals surface area (Å²) in [5.74, 6) is -1.46. The number of nitriles is 1. The largest absolute Gasteiger partial charge is 0.465 e. The first-order valence-electron chi connectivity index (χ1n) is 5.65. The summed E-state index contributed by atoms with van der Waals surface area (Å²) in [7, 11) is 0. The SMILES string of the molecule is N#Cc1c(F)ccc(F)c1N1CCN(C(=O)O)CC1. The van der Waals surface area contributed by atoms with Crippen molar-refractivity contribution in [3.63, 3.8) is 0 Å². The Kier molecular flexibility index (Phi) is 3.51. The molecule has 1 aromatic carbocycles. The number of benzene rings is 1. The Balaban J connectivity index is 2.27. The van der Waals surface area contributed by atoms with Gasteiger partial charge in [0.2, 0.25) is 0 Å². The predicted molar refractivity (Wildman–Crippen MR) is 62.9 cm³/mol. The van der Waals surface area contributed by atoms with E-state index in [1.54, 1.807) is 6.07 Å². The Morgan fingerprint density at radius 2 is 1.79 bits per heavy atom. The first-order valence-corrected chi connectivity index (χ1v) is 5.65. The highest BCUT2D eigenvalue weighted by Crippen LogP contribution is 2.27. The van der Waals surface area contributed by atoms with Gasteiger partial charge >= 0.3 is 6.09 Å². The van der Waals surface area contributed by atoms with Crippen molar-refractivity contribution >= 4 is 11.8 Å². The summed E-state index contributed by atoms with van der Waals surface area (Å²) < 4.78 is 27.2. The molecule has 1 fully saturated rings. The van der Waals surface area contributed by atoms with E-state index in [9.17, 15) is 13.6 Å². The molecule has 1 amide bonds. The number of hydrogen-bond acceptors (Lipinski definition) is 3. The van der Waals surface area contributed by atoms with Gasteiger partial charge in [-0.15, -0.1) is 0 Å². The second-order valence-electron chi connectivity index (χ2n) is 4.12. The van der Waals surface area contributed by atoms with Crippen LogP contribution in [-0.4, -0.2) is 42.3 Å². The van der Waals surface area contributed by atoms with Crippen LogP contribution >= 0.6 is 0 Å². The zero-order chi connectivity index (χ0) is 14.0. The van der Waals surface area contributed by atoms with E-state index in [0.717, 1.165) is 12.1 Å². The van der Waals surface area contributed by atoms with Crippen LogP contribution in [0.1, 0.15) is 5.56 Å². The van der Waals surface area contributed by atoms with Gasteiger partial charge in [0.05, 0.1) is 5.69 Å². The van der Waals surface area contributed by atoms with Crippen LogP contribution in [0.3, 0.4) is 0 Å². The predicted octanol–water partition coefficient (Wildman–Crippen LogP) is 1.64. The van der Waals surface area contributed by atoms with E-state index in [-0.39, 0.29) is 37.4 Å². The van der Waals surface area contributed by atoms with Crippen LogP contribution in [0.25, 0.3) is 0 Å². The van der Waals surface area contributed by atoms with Gasteiger partial charge in [-0.3, -0.25) is 0 Å². The van der Waals surface area contributed by atoms with Gasteiger partial charge in [-0.1, -0.05) is 0 Å². The van der Waals surface area contributed by atoms with Crippen molar-refractivity contribution in [1.82, 2.24) is 4.90 Å². The fourth-order valence-electron chi connectivity index (χ4n) is 2.08. The molecule has 0 unspecified atom stereocenters. The Morgan fingerprint density at radius 3 is 2.32 bits per heavy atom. The van der Waals surface area contributed by atoms with Crippen LogP contribution in [0.4, 0.5) is 19.3 Å². The molecule has 2 rings (SSSR count). The van der Waals surface area contributed by atoms with Crippen molar-refractivity contribution in [1.29, 1.82) is 5.26 Å². The van der Waals surface area contributed by atoms with Crippen molar-refractivity contribution in [2.24, 2.45) is 0 Å². The Bertz CT molecular complexity index is 549. The number of rotatable bonds is 1. The van der Waals surface area contributed by atoms with Gasteiger partial charge in [-0.25, -0.2) is 13.6 Å². The highest BCUT2D eigenvalue weighted by atomic mass is 19.1. The monoisotopic (exact) mass is 267 g/mol. The lowest BCUT2D eigenvalue weighted by Crippen LogP contribution is -2.48. The summed E-state index contributed by atoms with van der Waals surface area (Å²) in [5.41, 5.74) is -0.434. The lowest BCUT2D eigenvalue weighted by molar-refractivity contribution is 0.142. The van der Waals surface area contributed by atoms with Crippen molar-refractivity contribution in [2.45, 2.75) is 0 Å². The van der Waals surface area contributed by atoms with Gasteiger partial charge < -0.3 is 14.9 Å². The third-order valence-corrected chi connectivity index (χ3v) is 3.06. The number of carboxylic acid groups (broad SMARTS) is 1. The quantitative estimate of drug-likeness (QED) is 0.839. The summed E-state index contributed by atoms with van der Waals surface area (Å²) in [6.45, 7) is 0.828. The van der Waals surface area contributed by atoms with E-state index in [0.29, 0.717) is 0 Å². The first kappa shape index (κ1) is 13.1. The standard InChI is InChI=1S/C12H11F2N3O2/c13-9-1-2-10(14)11(8(9)7-15)16-3-5-17(6-4-16)12(18)19/h1-2H,3-6H2,(H,18,19). The minimum Gasteiger partial charge on any atom is -0.465 e. The fourth-order valence-corrected chi connectivity index (χ4v) is 2.08. The third-order valence-electron chi connectivity index (χ3n) is 3.06. The summed E-state index contributed by atoms with van der Waals surface area (Å²) in [4.78, 5) is 13.5. The molecule has 100 valence electrons. The highest BCUT2D eigenvalue weighted by molar-refractivity contribution is 5.66. The van der Waals surface area contributed by atoms with E-state index >= 15 is 0 Å². The number of piperazine rings is 1. The summed E-state index contributed by atoms with van der Waals surface area (Å²) in [5, 5.41) is 17.7. The molecular formula is C12H11F2N3O2. The van der Waals surface area contributed by atoms with Gasteiger partial charge in [0, 0.05) is 26.2 Å². The van der Waals surface area contributed by atoms with E-state index in [4.69, 9.17) is 10.4 Å². The van der Waals surface area contributed by atoms with Gasteiger partial charge in [0.1, 0.15) is 23.3 Å². The van der Waals surface area contributed by atoms with E-state index in [2.05, 4.69) is 0 Å². The maximum atomic E-state index is 13.8. The molecule has 0 bridgehead atoms. The van der Waals surface area contributed by atoms with Crippen LogP contribution in [0.2, 0.25) is 0 Å². The van der Waals surface area contributed by atoms with Crippen LogP contribution in [-0.2, 0) is 0 Å². The normalized spacial score (nSPS) is 15.2. The maximum Gasteiger partial charge on any atom is 0.407 e. The summed E-state index contributed by atoms with van der Waals surface area (Å²) in [6.07, 6.45) is -1.04. The average molecular weight is 267 g/mol. The second kappa shape index (κ2) is 5.10. The number of hydrogen-bond donors (Lipinski definition) is 1. The smallest absolute Gasteiger partial charge is 0.407 e. The highest BCUT2D eigenvalue weighted by Gasteiger charge is 2.25. The molecule has 0 radical (unpaired) electrons. The average Bonchev–Trinajstić information content (AvgIpc) is 2.41. The fraction of sp³-hybridized carbons (Fsp3) is 0.333. The summed E-state index contributed by atoms with van der Waals surface area (Å²) >= 11 is 0. The van der Waals surface area contributed by atoms with Gasteiger partial charge in [0.25, 0.3) is 0 Å². The zero-order valence-electron chi connectivity index (χ0n) is 9.94. The van der Waals surface area contributed by atoms with Crippen molar-refractivity contribution in [3.8, 4) is 6.07 Å². The molecule has 7 heteroatoms. The van der Waals surface area contributed by atoms with Crippen molar-refractivity contribution in [2.75, 3.05) is 31.1 Å². The van der Waals surface area contributed by atoms with Crippen molar-refractivity contribution in [3.05, 3.63) is 29.3 Å². The molecule has 0 atom stereocenters. The Hall–Kier alpha value is -2.36. The lowest BCUT2D eigenvalue weighted by Gasteiger charge is -2.35. The van der Waals surface area contributed by atoms with Crippen LogP contribution in [0, 0.1) is 23.0 Å². The molecule has 5 nitrogen and oxygen atoms in total. The Labute approximate surface area is 108 Å². The molecule has 1 saturated heterocycles. The van der Waals surface area contributed by atoms with E-state index in [1.807, 2.05) is 0 Å². The van der Waals surface area contributed by atoms with Crippen molar-refractivity contribution < 1.29 is 18.7 Å². The minimum atomic E-state index is -1.04. The Morgan fingerprint density at radius 1 is 1.21 bits per heavy atom. The molecule has 0 spiro atoms. The van der Waals surface area contributed by atoms with Gasteiger partial charge in [-0.05, 0) is 12.1 Å². The van der Waals surface area contributed by atoms with Gasteiger partial charge in [-0.2, -0.15) is 5.26 Å². The maximum absolute atomic E-state index is 13.8.